The fraction of sp³-hybridized carbons (Fsp3) is 0.235. The highest BCUT2D eigenvalue weighted by atomic mass is 35.5. The maximum atomic E-state index is 13.8. The van der Waals surface area contributed by atoms with Gasteiger partial charge in [0.2, 0.25) is 0 Å². The van der Waals surface area contributed by atoms with Crippen molar-refractivity contribution in [1.82, 2.24) is 9.78 Å². The van der Waals surface area contributed by atoms with Gasteiger partial charge in [0.25, 0.3) is 0 Å². The molecule has 2 heterocycles. The molecule has 3 N–H and O–H groups in total. The summed E-state index contributed by atoms with van der Waals surface area (Å²) in [6.07, 6.45) is 1.97. The van der Waals surface area contributed by atoms with E-state index in [1.54, 1.807) is 10.9 Å². The third-order valence-electron chi connectivity index (χ3n) is 3.89. The maximum Gasteiger partial charge on any atom is 0.126 e. The van der Waals surface area contributed by atoms with Gasteiger partial charge in [-0.1, -0.05) is 11.6 Å². The molecule has 1 aromatic carbocycles. The number of nitrogens with two attached hydrogens (primary N) is 1. The molecule has 0 aliphatic rings. The highest BCUT2D eigenvalue weighted by molar-refractivity contribution is 7.20. The Morgan fingerprint density at radius 1 is 1.32 bits per heavy atom. The van der Waals surface area contributed by atoms with Crippen LogP contribution in [0.4, 0.5) is 13.8 Å². The second kappa shape index (κ2) is 7.51. The van der Waals surface area contributed by atoms with E-state index in [9.17, 15) is 8.78 Å². The Labute approximate surface area is 153 Å². The zero-order valence-electron chi connectivity index (χ0n) is 13.5. The lowest BCUT2D eigenvalue weighted by atomic mass is 10.1. The van der Waals surface area contributed by atoms with Crippen molar-refractivity contribution in [3.8, 4) is 11.3 Å². The number of benzene rings is 1. The lowest BCUT2D eigenvalue weighted by Gasteiger charge is -2.17. The van der Waals surface area contributed by atoms with Crippen LogP contribution in [0, 0.1) is 11.6 Å². The van der Waals surface area contributed by atoms with Crippen molar-refractivity contribution in [2.24, 2.45) is 12.8 Å². The smallest absolute Gasteiger partial charge is 0.126 e. The number of nitrogens with one attached hydrogen (secondary N) is 1. The molecule has 1 atom stereocenters. The average Bonchev–Trinajstić information content (AvgIpc) is 3.15. The van der Waals surface area contributed by atoms with E-state index in [-0.39, 0.29) is 24.6 Å². The van der Waals surface area contributed by atoms with Gasteiger partial charge in [-0.3, -0.25) is 4.68 Å². The first-order chi connectivity index (χ1) is 12.0. The van der Waals surface area contributed by atoms with Gasteiger partial charge in [-0.05, 0) is 42.3 Å². The maximum absolute atomic E-state index is 13.8. The van der Waals surface area contributed by atoms with Gasteiger partial charge in [-0.15, -0.1) is 11.3 Å². The number of nitrogens with zero attached hydrogens (tertiary/aromatic N) is 2. The number of aryl methyl sites for hydroxylation is 1. The number of rotatable bonds is 6. The van der Waals surface area contributed by atoms with Crippen LogP contribution in [-0.4, -0.2) is 22.4 Å². The number of hydrogen-bond acceptors (Lipinski definition) is 4. The zero-order chi connectivity index (χ0) is 18.0. The van der Waals surface area contributed by atoms with Crippen molar-refractivity contribution in [1.29, 1.82) is 0 Å². The Morgan fingerprint density at radius 2 is 2.12 bits per heavy atom. The van der Waals surface area contributed by atoms with Crippen LogP contribution in [0.15, 0.2) is 36.5 Å². The largest absolute Gasteiger partial charge is 0.373 e. The molecule has 0 aliphatic carbocycles. The zero-order valence-corrected chi connectivity index (χ0v) is 15.0. The number of hydrogen-bond donors (Lipinski definition) is 2. The summed E-state index contributed by atoms with van der Waals surface area (Å²) in [6, 6.07) is 6.96. The van der Waals surface area contributed by atoms with Crippen LogP contribution < -0.4 is 11.1 Å². The fourth-order valence-corrected chi connectivity index (χ4v) is 3.88. The number of aromatic nitrogens is 2. The third kappa shape index (κ3) is 4.00. The van der Waals surface area contributed by atoms with Gasteiger partial charge in [-0.25, -0.2) is 8.78 Å². The summed E-state index contributed by atoms with van der Waals surface area (Å²) in [6.45, 7) is 0.270. The van der Waals surface area contributed by atoms with Crippen molar-refractivity contribution in [3.63, 3.8) is 0 Å². The summed E-state index contributed by atoms with van der Waals surface area (Å²) in [4.78, 5) is 0. The summed E-state index contributed by atoms with van der Waals surface area (Å²) < 4.78 is 29.5. The van der Waals surface area contributed by atoms with Crippen LogP contribution >= 0.6 is 22.9 Å². The lowest BCUT2D eigenvalue weighted by molar-refractivity contribution is 0.575. The molecule has 0 spiro atoms. The summed E-state index contributed by atoms with van der Waals surface area (Å²) in [5.41, 5.74) is 7.85. The van der Waals surface area contributed by atoms with Crippen molar-refractivity contribution in [3.05, 3.63) is 58.1 Å². The van der Waals surface area contributed by atoms with Gasteiger partial charge in [0.05, 0.1) is 10.7 Å². The first-order valence-corrected chi connectivity index (χ1v) is 8.85. The molecule has 3 aromatic rings. The van der Waals surface area contributed by atoms with Crippen molar-refractivity contribution < 1.29 is 8.78 Å². The Kier molecular flexibility index (Phi) is 5.36. The monoisotopic (exact) mass is 382 g/mol. The van der Waals surface area contributed by atoms with Crippen LogP contribution in [0.1, 0.15) is 5.56 Å². The topological polar surface area (TPSA) is 55.9 Å². The average molecular weight is 383 g/mol. The first kappa shape index (κ1) is 17.8. The third-order valence-corrected chi connectivity index (χ3v) is 5.18. The second-order valence-corrected chi connectivity index (χ2v) is 7.31. The minimum absolute atomic E-state index is 0.245. The predicted octanol–water partition coefficient (Wildman–Crippen LogP) is 4.06. The Morgan fingerprint density at radius 3 is 2.80 bits per heavy atom. The molecule has 0 aliphatic heterocycles. The highest BCUT2D eigenvalue weighted by Gasteiger charge is 2.16. The van der Waals surface area contributed by atoms with Crippen LogP contribution in [-0.2, 0) is 13.5 Å². The van der Waals surface area contributed by atoms with Gasteiger partial charge >= 0.3 is 0 Å². The van der Waals surface area contributed by atoms with E-state index in [2.05, 4.69) is 10.4 Å². The van der Waals surface area contributed by atoms with Crippen molar-refractivity contribution in [2.75, 3.05) is 11.9 Å². The summed E-state index contributed by atoms with van der Waals surface area (Å²) in [7, 11) is 1.84. The number of halogens is 3. The molecule has 132 valence electrons. The molecule has 0 amide bonds. The highest BCUT2D eigenvalue weighted by Crippen LogP contribution is 2.38. The molecule has 3 rings (SSSR count). The SMILES string of the molecule is Cn1nccc1-c1cc(N[C@H](CN)Cc2cc(F)ccc2F)sc1Cl. The Balaban J connectivity index is 1.78. The molecule has 2 aromatic heterocycles. The molecule has 0 bridgehead atoms. The number of thiophene rings is 1. The minimum Gasteiger partial charge on any atom is -0.373 e. The van der Waals surface area contributed by atoms with Crippen LogP contribution in [0.25, 0.3) is 11.3 Å². The van der Waals surface area contributed by atoms with Crippen LogP contribution in [0.3, 0.4) is 0 Å². The Bertz CT molecular complexity index is 877. The molecule has 0 radical (unpaired) electrons. The second-order valence-electron chi connectivity index (χ2n) is 5.65. The van der Waals surface area contributed by atoms with E-state index in [4.69, 9.17) is 17.3 Å². The van der Waals surface area contributed by atoms with E-state index in [1.165, 1.54) is 17.4 Å². The molecule has 0 fully saturated rings. The standard InChI is InChI=1S/C17H17ClF2N4S/c1-24-15(4-5-22-24)13-8-16(25-17(13)18)23-12(9-21)7-10-6-11(19)2-3-14(10)20/h2-6,8,12,23H,7,9,21H2,1H3/t12-/m0/s1. The molecular weight excluding hydrogens is 366 g/mol. The van der Waals surface area contributed by atoms with Gasteiger partial charge in [0.1, 0.15) is 16.0 Å². The Hall–Kier alpha value is -1.96. The normalized spacial score (nSPS) is 12.4. The fourth-order valence-electron chi connectivity index (χ4n) is 2.61. The molecule has 0 saturated carbocycles. The lowest BCUT2D eigenvalue weighted by Crippen LogP contribution is -2.31. The summed E-state index contributed by atoms with van der Waals surface area (Å²) in [5, 5.41) is 8.21. The van der Waals surface area contributed by atoms with Crippen LogP contribution in [0.5, 0.6) is 0 Å². The van der Waals surface area contributed by atoms with E-state index < -0.39 is 11.6 Å². The molecule has 25 heavy (non-hydrogen) atoms. The van der Waals surface area contributed by atoms with Gasteiger partial charge in [0.15, 0.2) is 0 Å². The van der Waals surface area contributed by atoms with E-state index >= 15 is 0 Å². The van der Waals surface area contributed by atoms with Gasteiger partial charge < -0.3 is 11.1 Å². The molecule has 4 nitrogen and oxygen atoms in total. The number of anilines is 1. The summed E-state index contributed by atoms with van der Waals surface area (Å²) >= 11 is 7.71. The minimum atomic E-state index is -0.468. The van der Waals surface area contributed by atoms with E-state index in [0.29, 0.717) is 4.34 Å². The van der Waals surface area contributed by atoms with Crippen molar-refractivity contribution in [2.45, 2.75) is 12.5 Å². The van der Waals surface area contributed by atoms with Gasteiger partial charge in [-0.2, -0.15) is 5.10 Å². The van der Waals surface area contributed by atoms with Gasteiger partial charge in [0, 0.05) is 31.4 Å². The predicted molar refractivity (Wildman–Crippen MR) is 98.1 cm³/mol. The summed E-state index contributed by atoms with van der Waals surface area (Å²) in [5.74, 6) is -0.911. The quantitative estimate of drug-likeness (QED) is 0.676. The molecule has 0 unspecified atom stereocenters. The van der Waals surface area contributed by atoms with E-state index in [0.717, 1.165) is 28.4 Å². The van der Waals surface area contributed by atoms with Crippen LogP contribution in [0.2, 0.25) is 4.34 Å². The first-order valence-electron chi connectivity index (χ1n) is 7.66. The van der Waals surface area contributed by atoms with E-state index in [1.807, 2.05) is 19.2 Å². The molecular formula is C17H17ClF2N4S. The molecule has 0 saturated heterocycles. The van der Waals surface area contributed by atoms with Crippen molar-refractivity contribution >= 4 is 27.9 Å². The molecule has 8 heteroatoms.